The van der Waals surface area contributed by atoms with E-state index in [0.29, 0.717) is 30.5 Å². The van der Waals surface area contributed by atoms with Crippen LogP contribution < -0.4 is 15.5 Å². The fraction of sp³-hybridized carbons (Fsp3) is 0.680. The van der Waals surface area contributed by atoms with Crippen molar-refractivity contribution >= 4 is 17.5 Å². The standard InChI is InChI=1S/C24H37N7O.CHF3/c1-16(2)19-14-31(13-10-27-24(3,4)5)22(28-19)17-8-11-30(12-9-17)23-18-6-7-20(32)29-21(18)25-15-26-23;2-1(3)4/h14-17,27H,6-13H2,1-5H3,(H,25,26,29,32);1H. The van der Waals surface area contributed by atoms with Gasteiger partial charge in [-0.25, -0.2) is 15.0 Å². The van der Waals surface area contributed by atoms with E-state index >= 15 is 0 Å². The van der Waals surface area contributed by atoms with E-state index < -0.39 is 6.68 Å². The Hall–Kier alpha value is -2.69. The molecule has 1 fully saturated rings. The second-order valence-electron chi connectivity index (χ2n) is 10.6. The summed E-state index contributed by atoms with van der Waals surface area (Å²) in [5.74, 6) is 3.79. The van der Waals surface area contributed by atoms with Gasteiger partial charge in [0.1, 0.15) is 23.8 Å². The third kappa shape index (κ3) is 7.65. The number of hydrogen-bond acceptors (Lipinski definition) is 6. The highest BCUT2D eigenvalue weighted by molar-refractivity contribution is 5.93. The predicted molar refractivity (Wildman–Crippen MR) is 134 cm³/mol. The van der Waals surface area contributed by atoms with Gasteiger partial charge in [0.2, 0.25) is 5.91 Å². The molecule has 0 aliphatic carbocycles. The quantitative estimate of drug-likeness (QED) is 0.590. The summed E-state index contributed by atoms with van der Waals surface area (Å²) in [5.41, 5.74) is 2.37. The molecule has 4 rings (SSSR count). The molecule has 2 N–H and O–H groups in total. The minimum Gasteiger partial charge on any atom is -0.356 e. The van der Waals surface area contributed by atoms with Crippen LogP contribution in [0.5, 0.6) is 0 Å². The first-order valence-electron chi connectivity index (χ1n) is 12.6. The summed E-state index contributed by atoms with van der Waals surface area (Å²) < 4.78 is 31.4. The maximum atomic E-state index is 11.7. The van der Waals surface area contributed by atoms with Gasteiger partial charge in [0, 0.05) is 55.8 Å². The molecule has 8 nitrogen and oxygen atoms in total. The number of aromatic nitrogens is 4. The van der Waals surface area contributed by atoms with Gasteiger partial charge in [0.25, 0.3) is 0 Å². The van der Waals surface area contributed by atoms with Crippen LogP contribution in [0.15, 0.2) is 12.5 Å². The van der Waals surface area contributed by atoms with Gasteiger partial charge in [-0.15, -0.1) is 0 Å². The third-order valence-electron chi connectivity index (χ3n) is 6.37. The number of anilines is 2. The number of carbonyl (C=O) groups is 1. The first-order valence-corrected chi connectivity index (χ1v) is 12.6. The first-order chi connectivity index (χ1) is 16.9. The number of halogens is 3. The van der Waals surface area contributed by atoms with Crippen molar-refractivity contribution in [3.05, 3.63) is 29.6 Å². The fourth-order valence-electron chi connectivity index (χ4n) is 4.58. The fourth-order valence-corrected chi connectivity index (χ4v) is 4.58. The highest BCUT2D eigenvalue weighted by Crippen LogP contribution is 2.34. The summed E-state index contributed by atoms with van der Waals surface area (Å²) in [7, 11) is 0. The van der Waals surface area contributed by atoms with Gasteiger partial charge in [-0.2, -0.15) is 13.2 Å². The van der Waals surface area contributed by atoms with Crippen molar-refractivity contribution < 1.29 is 18.0 Å². The van der Waals surface area contributed by atoms with Crippen molar-refractivity contribution in [1.82, 2.24) is 24.8 Å². The van der Waals surface area contributed by atoms with Gasteiger partial charge in [-0.1, -0.05) is 13.8 Å². The molecule has 0 atom stereocenters. The van der Waals surface area contributed by atoms with Crippen molar-refractivity contribution in [2.24, 2.45) is 0 Å². The van der Waals surface area contributed by atoms with E-state index in [-0.39, 0.29) is 11.4 Å². The Morgan fingerprint density at radius 2 is 1.81 bits per heavy atom. The van der Waals surface area contributed by atoms with Crippen LogP contribution in [0, 0.1) is 0 Å². The summed E-state index contributed by atoms with van der Waals surface area (Å²) in [6.07, 6.45) is 7.12. The molecule has 0 bridgehead atoms. The topological polar surface area (TPSA) is 88.0 Å². The zero-order valence-corrected chi connectivity index (χ0v) is 21.8. The number of fused-ring (bicyclic) bond motifs is 1. The molecule has 0 aromatic carbocycles. The summed E-state index contributed by atoms with van der Waals surface area (Å²) in [4.78, 5) is 28.0. The maximum Gasteiger partial charge on any atom is 0.379 e. The molecule has 2 aliphatic heterocycles. The number of carbonyl (C=O) groups excluding carboxylic acids is 1. The van der Waals surface area contributed by atoms with Gasteiger partial charge in [-0.05, 0) is 46.0 Å². The van der Waals surface area contributed by atoms with Crippen molar-refractivity contribution in [3.8, 4) is 0 Å². The van der Waals surface area contributed by atoms with Crippen LogP contribution in [0.25, 0.3) is 0 Å². The lowest BCUT2D eigenvalue weighted by atomic mass is 9.95. The van der Waals surface area contributed by atoms with E-state index in [1.54, 1.807) is 6.33 Å². The average Bonchev–Trinajstić information content (AvgIpc) is 3.22. The highest BCUT2D eigenvalue weighted by atomic mass is 19.4. The van der Waals surface area contributed by atoms with E-state index in [4.69, 9.17) is 4.98 Å². The number of nitrogens with zero attached hydrogens (tertiary/aromatic N) is 5. The van der Waals surface area contributed by atoms with E-state index in [9.17, 15) is 18.0 Å². The van der Waals surface area contributed by atoms with Crippen molar-refractivity contribution in [2.45, 2.75) is 90.9 Å². The lowest BCUT2D eigenvalue weighted by Gasteiger charge is -2.34. The van der Waals surface area contributed by atoms with Crippen LogP contribution >= 0.6 is 0 Å². The molecule has 0 spiro atoms. The molecule has 2 aliphatic rings. The van der Waals surface area contributed by atoms with Gasteiger partial charge >= 0.3 is 6.68 Å². The van der Waals surface area contributed by atoms with E-state index in [1.807, 2.05) is 0 Å². The van der Waals surface area contributed by atoms with Crippen molar-refractivity contribution in [2.75, 3.05) is 29.9 Å². The van der Waals surface area contributed by atoms with E-state index in [1.165, 1.54) is 11.5 Å². The Balaban J connectivity index is 0.000000840. The van der Waals surface area contributed by atoms with Crippen molar-refractivity contribution in [1.29, 1.82) is 0 Å². The van der Waals surface area contributed by atoms with Crippen LogP contribution in [0.1, 0.15) is 82.8 Å². The van der Waals surface area contributed by atoms with Crippen LogP contribution in [-0.4, -0.2) is 57.3 Å². The zero-order valence-electron chi connectivity index (χ0n) is 21.8. The first kappa shape index (κ1) is 27.9. The van der Waals surface area contributed by atoms with E-state index in [2.05, 4.69) is 70.9 Å². The molecule has 1 saturated heterocycles. The number of nitrogens with one attached hydrogen (secondary N) is 2. The van der Waals surface area contributed by atoms with Crippen LogP contribution in [-0.2, 0) is 17.8 Å². The molecule has 36 heavy (non-hydrogen) atoms. The number of hydrogen-bond donors (Lipinski definition) is 2. The number of rotatable bonds is 6. The molecular weight excluding hydrogens is 471 g/mol. The summed E-state index contributed by atoms with van der Waals surface area (Å²) in [6, 6.07) is 0. The monoisotopic (exact) mass is 509 g/mol. The van der Waals surface area contributed by atoms with Gasteiger partial charge in [0.05, 0.1) is 5.69 Å². The molecule has 11 heteroatoms. The molecule has 200 valence electrons. The molecule has 0 unspecified atom stereocenters. The molecule has 2 aromatic heterocycles. The van der Waals surface area contributed by atoms with Crippen LogP contribution in [0.2, 0.25) is 0 Å². The Bertz CT molecular complexity index is 1010. The molecule has 1 amide bonds. The molecule has 4 heterocycles. The normalized spacial score (nSPS) is 16.6. The Kier molecular flexibility index (Phi) is 9.32. The minimum atomic E-state index is -3.67. The minimum absolute atomic E-state index is 0.0367. The summed E-state index contributed by atoms with van der Waals surface area (Å²) >= 11 is 0. The summed E-state index contributed by atoms with van der Waals surface area (Å²) in [6.45, 7) is 11.1. The lowest BCUT2D eigenvalue weighted by Crippen LogP contribution is -2.38. The maximum absolute atomic E-state index is 11.7. The molecule has 0 radical (unpaired) electrons. The predicted octanol–water partition coefficient (Wildman–Crippen LogP) is 4.63. The number of amides is 1. The van der Waals surface area contributed by atoms with Gasteiger partial charge < -0.3 is 20.1 Å². The Morgan fingerprint density at radius 1 is 1.14 bits per heavy atom. The van der Waals surface area contributed by atoms with Crippen LogP contribution in [0.3, 0.4) is 0 Å². The van der Waals surface area contributed by atoms with Gasteiger partial charge in [0.15, 0.2) is 0 Å². The van der Waals surface area contributed by atoms with E-state index in [0.717, 1.165) is 50.4 Å². The Morgan fingerprint density at radius 3 is 2.42 bits per heavy atom. The second-order valence-corrected chi connectivity index (χ2v) is 10.6. The number of alkyl halides is 3. The lowest BCUT2D eigenvalue weighted by molar-refractivity contribution is -0.116. The average molecular weight is 510 g/mol. The Labute approximate surface area is 211 Å². The van der Waals surface area contributed by atoms with Gasteiger partial charge in [-0.3, -0.25) is 4.79 Å². The third-order valence-corrected chi connectivity index (χ3v) is 6.37. The van der Waals surface area contributed by atoms with Crippen LogP contribution in [0.4, 0.5) is 24.8 Å². The number of piperidine rings is 1. The molecule has 0 saturated carbocycles. The largest absolute Gasteiger partial charge is 0.379 e. The highest BCUT2D eigenvalue weighted by Gasteiger charge is 2.29. The second kappa shape index (κ2) is 12.0. The molecule has 2 aromatic rings. The smallest absolute Gasteiger partial charge is 0.356 e. The zero-order chi connectivity index (χ0) is 26.5. The summed E-state index contributed by atoms with van der Waals surface area (Å²) in [5, 5.41) is 6.49. The number of imidazole rings is 1. The SMILES string of the molecule is CC(C)c1cn(CCNC(C)(C)C)c(C2CCN(c3ncnc4c3CCC(=O)N4)CC2)n1.FC(F)F. The molecular formula is C25H38F3N7O. The van der Waals surface area contributed by atoms with Crippen molar-refractivity contribution in [3.63, 3.8) is 0 Å².